The molecule has 30 heavy (non-hydrogen) atoms. The van der Waals surface area contributed by atoms with Gasteiger partial charge in [-0.1, -0.05) is 50.1 Å². The Morgan fingerprint density at radius 3 is 2.30 bits per heavy atom. The molecule has 0 saturated heterocycles. The van der Waals surface area contributed by atoms with E-state index in [9.17, 15) is 14.4 Å². The maximum atomic E-state index is 12.4. The third-order valence-corrected chi connectivity index (χ3v) is 4.73. The Bertz CT molecular complexity index is 819. The lowest BCUT2D eigenvalue weighted by Crippen LogP contribution is -2.45. The van der Waals surface area contributed by atoms with Crippen LogP contribution in [0.15, 0.2) is 54.6 Å². The number of primary amides is 1. The van der Waals surface area contributed by atoms with Crippen LogP contribution in [0.2, 0.25) is 0 Å². The number of unbranched alkanes of at least 4 members (excludes halogenated alkanes) is 2. The lowest BCUT2D eigenvalue weighted by Gasteiger charge is -2.15. The van der Waals surface area contributed by atoms with Crippen LogP contribution in [0.4, 0.5) is 0 Å². The first-order chi connectivity index (χ1) is 14.5. The number of carbonyl (C=O) groups excluding carboxylic acids is 3. The number of rotatable bonds is 13. The summed E-state index contributed by atoms with van der Waals surface area (Å²) in [4.78, 5) is 36.2. The molecule has 0 aliphatic rings. The molecule has 160 valence electrons. The minimum Gasteiger partial charge on any atom is -0.494 e. The van der Waals surface area contributed by atoms with Gasteiger partial charge in [0.25, 0.3) is 0 Å². The highest BCUT2D eigenvalue weighted by molar-refractivity contribution is 5.98. The minimum atomic E-state index is -0.806. The Balaban J connectivity index is 1.80. The highest BCUT2D eigenvalue weighted by atomic mass is 16.5. The highest BCUT2D eigenvalue weighted by Gasteiger charge is 2.19. The highest BCUT2D eigenvalue weighted by Crippen LogP contribution is 2.15. The Hall–Kier alpha value is -3.15. The Labute approximate surface area is 177 Å². The van der Waals surface area contributed by atoms with Gasteiger partial charge in [0, 0.05) is 24.8 Å². The Kier molecular flexibility index (Phi) is 9.58. The fourth-order valence-corrected chi connectivity index (χ4v) is 2.99. The van der Waals surface area contributed by atoms with Crippen LogP contribution in [0.1, 0.15) is 54.9 Å². The van der Waals surface area contributed by atoms with Crippen LogP contribution in [-0.4, -0.2) is 30.2 Å². The van der Waals surface area contributed by atoms with Crippen molar-refractivity contribution in [3.8, 4) is 5.75 Å². The summed E-state index contributed by atoms with van der Waals surface area (Å²) in [6.45, 7) is 2.79. The fraction of sp³-hybridized carbons (Fsp3) is 0.375. The van der Waals surface area contributed by atoms with Crippen LogP contribution in [0.5, 0.6) is 5.75 Å². The number of benzene rings is 2. The van der Waals surface area contributed by atoms with Crippen molar-refractivity contribution in [2.45, 2.75) is 51.5 Å². The first kappa shape index (κ1) is 23.1. The minimum absolute atomic E-state index is 0.00727. The lowest BCUT2D eigenvalue weighted by atomic mass is 10.0. The van der Waals surface area contributed by atoms with E-state index in [2.05, 4.69) is 12.2 Å². The van der Waals surface area contributed by atoms with Gasteiger partial charge in [-0.3, -0.25) is 14.4 Å². The van der Waals surface area contributed by atoms with Gasteiger partial charge in [0.15, 0.2) is 5.78 Å². The predicted molar refractivity (Wildman–Crippen MR) is 116 cm³/mol. The van der Waals surface area contributed by atoms with E-state index in [0.717, 1.165) is 30.6 Å². The van der Waals surface area contributed by atoms with Gasteiger partial charge in [-0.15, -0.1) is 0 Å². The number of ketones is 1. The second-order valence-corrected chi connectivity index (χ2v) is 7.22. The fourth-order valence-electron chi connectivity index (χ4n) is 2.99. The van der Waals surface area contributed by atoms with Gasteiger partial charge in [-0.25, -0.2) is 0 Å². The number of nitrogens with one attached hydrogen (secondary N) is 1. The summed E-state index contributed by atoms with van der Waals surface area (Å²) in [7, 11) is 0. The Morgan fingerprint density at radius 1 is 0.967 bits per heavy atom. The average molecular weight is 411 g/mol. The standard InChI is InChI=1S/C24H30N2O4/c1-2-3-7-16-30-20-12-10-19(11-13-20)22(27)14-15-23(28)26-21(24(25)29)17-18-8-5-4-6-9-18/h4-6,8-13,21H,2-3,7,14-17H2,1H3,(H2,25,29)(H,26,28). The molecule has 1 unspecified atom stereocenters. The maximum Gasteiger partial charge on any atom is 0.240 e. The number of hydrogen-bond acceptors (Lipinski definition) is 4. The molecule has 0 radical (unpaired) electrons. The first-order valence-corrected chi connectivity index (χ1v) is 10.4. The van der Waals surface area contributed by atoms with Crippen molar-refractivity contribution in [1.82, 2.24) is 5.32 Å². The molecule has 2 aromatic carbocycles. The molecule has 1 atom stereocenters. The summed E-state index contributed by atoms with van der Waals surface area (Å²) in [6, 6.07) is 15.5. The van der Waals surface area contributed by atoms with E-state index in [4.69, 9.17) is 10.5 Å². The maximum absolute atomic E-state index is 12.4. The van der Waals surface area contributed by atoms with Gasteiger partial charge in [-0.2, -0.15) is 0 Å². The predicted octanol–water partition coefficient (Wildman–Crippen LogP) is 3.43. The molecule has 2 rings (SSSR count). The summed E-state index contributed by atoms with van der Waals surface area (Å²) in [6.07, 6.45) is 3.63. The molecule has 0 fully saturated rings. The van der Waals surface area contributed by atoms with Crippen LogP contribution in [0.25, 0.3) is 0 Å². The number of nitrogens with two attached hydrogens (primary N) is 1. The third kappa shape index (κ3) is 8.07. The molecule has 0 aromatic heterocycles. The summed E-state index contributed by atoms with van der Waals surface area (Å²) < 4.78 is 5.64. The van der Waals surface area contributed by atoms with E-state index in [-0.39, 0.29) is 24.5 Å². The molecule has 0 aliphatic heterocycles. The van der Waals surface area contributed by atoms with Crippen molar-refractivity contribution in [3.63, 3.8) is 0 Å². The van der Waals surface area contributed by atoms with Crippen molar-refractivity contribution >= 4 is 17.6 Å². The van der Waals surface area contributed by atoms with Crippen LogP contribution in [0.3, 0.4) is 0 Å². The van der Waals surface area contributed by atoms with Crippen LogP contribution < -0.4 is 15.8 Å². The van der Waals surface area contributed by atoms with Crippen molar-refractivity contribution in [2.24, 2.45) is 5.73 Å². The lowest BCUT2D eigenvalue weighted by molar-refractivity contribution is -0.127. The van der Waals surface area contributed by atoms with Gasteiger partial charge in [0.1, 0.15) is 11.8 Å². The molecule has 2 aromatic rings. The average Bonchev–Trinajstić information content (AvgIpc) is 2.75. The summed E-state index contributed by atoms with van der Waals surface area (Å²) in [5, 5.41) is 2.63. The van der Waals surface area contributed by atoms with E-state index >= 15 is 0 Å². The van der Waals surface area contributed by atoms with Gasteiger partial charge in [0.2, 0.25) is 11.8 Å². The third-order valence-electron chi connectivity index (χ3n) is 4.73. The summed E-state index contributed by atoms with van der Waals surface area (Å²) in [5.41, 5.74) is 6.84. The summed E-state index contributed by atoms with van der Waals surface area (Å²) >= 11 is 0. The van der Waals surface area contributed by atoms with Gasteiger partial charge < -0.3 is 15.8 Å². The van der Waals surface area contributed by atoms with Gasteiger partial charge >= 0.3 is 0 Å². The van der Waals surface area contributed by atoms with Gasteiger partial charge in [-0.05, 0) is 36.2 Å². The van der Waals surface area contributed by atoms with E-state index in [1.54, 1.807) is 24.3 Å². The molecule has 0 heterocycles. The second kappa shape index (κ2) is 12.4. The molecule has 0 saturated carbocycles. The van der Waals surface area contributed by atoms with Crippen LogP contribution >= 0.6 is 0 Å². The molecule has 2 amide bonds. The zero-order valence-electron chi connectivity index (χ0n) is 17.4. The molecule has 0 spiro atoms. The van der Waals surface area contributed by atoms with Crippen LogP contribution in [0, 0.1) is 0 Å². The number of Topliss-reactive ketones (excluding diaryl/α,β-unsaturated/α-hetero) is 1. The largest absolute Gasteiger partial charge is 0.494 e. The normalized spacial score (nSPS) is 11.5. The topological polar surface area (TPSA) is 98.5 Å². The molecule has 6 heteroatoms. The molecule has 3 N–H and O–H groups in total. The zero-order chi connectivity index (χ0) is 21.8. The van der Waals surface area contributed by atoms with Crippen molar-refractivity contribution in [2.75, 3.05) is 6.61 Å². The Morgan fingerprint density at radius 2 is 1.67 bits per heavy atom. The quantitative estimate of drug-likeness (QED) is 0.390. The van der Waals surface area contributed by atoms with E-state index in [1.807, 2.05) is 30.3 Å². The van der Waals surface area contributed by atoms with Crippen molar-refractivity contribution in [1.29, 1.82) is 0 Å². The monoisotopic (exact) mass is 410 g/mol. The van der Waals surface area contributed by atoms with Crippen LogP contribution in [-0.2, 0) is 16.0 Å². The SMILES string of the molecule is CCCCCOc1ccc(C(=O)CCC(=O)NC(Cc2ccccc2)C(N)=O)cc1. The summed E-state index contributed by atoms with van der Waals surface area (Å²) in [5.74, 6) is -0.390. The van der Waals surface area contributed by atoms with E-state index in [0.29, 0.717) is 18.6 Å². The number of hydrogen-bond donors (Lipinski definition) is 2. The van der Waals surface area contributed by atoms with Gasteiger partial charge in [0.05, 0.1) is 6.61 Å². The molecule has 0 aliphatic carbocycles. The first-order valence-electron chi connectivity index (χ1n) is 10.4. The van der Waals surface area contributed by atoms with E-state index < -0.39 is 11.9 Å². The number of ether oxygens (including phenoxy) is 1. The number of carbonyl (C=O) groups is 3. The zero-order valence-corrected chi connectivity index (χ0v) is 17.4. The smallest absolute Gasteiger partial charge is 0.240 e. The molecular formula is C24H30N2O4. The second-order valence-electron chi connectivity index (χ2n) is 7.22. The molecular weight excluding hydrogens is 380 g/mol. The van der Waals surface area contributed by atoms with E-state index in [1.165, 1.54) is 0 Å². The number of amides is 2. The molecule has 6 nitrogen and oxygen atoms in total. The van der Waals surface area contributed by atoms with Crippen molar-refractivity contribution < 1.29 is 19.1 Å². The molecule has 0 bridgehead atoms. The van der Waals surface area contributed by atoms with Crippen molar-refractivity contribution in [3.05, 3.63) is 65.7 Å².